The molecule has 0 aliphatic carbocycles. The summed E-state index contributed by atoms with van der Waals surface area (Å²) in [5.74, 6) is -0.885. The van der Waals surface area contributed by atoms with Gasteiger partial charge in [-0.1, -0.05) is 0 Å². The molecule has 0 saturated carbocycles. The van der Waals surface area contributed by atoms with E-state index in [0.29, 0.717) is 27.8 Å². The second kappa shape index (κ2) is 7.89. The van der Waals surface area contributed by atoms with Gasteiger partial charge in [-0.05, 0) is 77.9 Å². The minimum absolute atomic E-state index is 0.00434. The van der Waals surface area contributed by atoms with Crippen molar-refractivity contribution in [1.82, 2.24) is 9.88 Å². The summed E-state index contributed by atoms with van der Waals surface area (Å²) >= 11 is 0. The Morgan fingerprint density at radius 3 is 2.44 bits per heavy atom. The summed E-state index contributed by atoms with van der Waals surface area (Å²) < 4.78 is 28.3. The molecule has 0 amide bonds. The topological polar surface area (TPSA) is 63.6 Å². The Morgan fingerprint density at radius 2 is 1.78 bits per heavy atom. The molecule has 5 nitrogen and oxygen atoms in total. The van der Waals surface area contributed by atoms with Gasteiger partial charge in [0, 0.05) is 34.8 Å². The fraction of sp³-hybridized carbons (Fsp3) is 0.400. The summed E-state index contributed by atoms with van der Waals surface area (Å²) in [7, 11) is 2.14. The molecule has 7 heteroatoms. The van der Waals surface area contributed by atoms with Gasteiger partial charge >= 0.3 is 0 Å². The van der Waals surface area contributed by atoms with Crippen LogP contribution in [0.25, 0.3) is 10.9 Å². The second-order valence-corrected chi connectivity index (χ2v) is 9.93. The molecule has 2 heterocycles. The zero-order chi connectivity index (χ0) is 23.3. The number of benzene rings is 2. The van der Waals surface area contributed by atoms with Crippen LogP contribution < -0.4 is 5.32 Å². The molecule has 1 saturated heterocycles. The molecule has 0 spiro atoms. The molecule has 170 valence electrons. The lowest BCUT2D eigenvalue weighted by Gasteiger charge is -2.53. The van der Waals surface area contributed by atoms with Crippen LogP contribution in [-0.4, -0.2) is 45.4 Å². The number of fused-ring (bicyclic) bond motifs is 1. The number of aromatic hydroxyl groups is 1. The van der Waals surface area contributed by atoms with Crippen molar-refractivity contribution in [3.8, 4) is 5.88 Å². The maximum atomic E-state index is 14.9. The fourth-order valence-corrected chi connectivity index (χ4v) is 4.84. The SMILES string of the molecule is CN1C(C)(C)CC(Nc2ccc(N=Cc3c(O)[nH]c4cc(F)ccc34)cc2F)CC1(C)C. The third kappa shape index (κ3) is 4.21. The first-order chi connectivity index (χ1) is 15.0. The smallest absolute Gasteiger partial charge is 0.198 e. The normalized spacial score (nSPS) is 19.1. The number of nitrogens with one attached hydrogen (secondary N) is 2. The van der Waals surface area contributed by atoms with Gasteiger partial charge in [0.15, 0.2) is 5.88 Å². The summed E-state index contributed by atoms with van der Waals surface area (Å²) in [6.45, 7) is 8.85. The summed E-state index contributed by atoms with van der Waals surface area (Å²) in [4.78, 5) is 9.43. The largest absolute Gasteiger partial charge is 0.494 e. The van der Waals surface area contributed by atoms with E-state index < -0.39 is 5.82 Å². The van der Waals surface area contributed by atoms with Crippen molar-refractivity contribution >= 4 is 28.5 Å². The number of aromatic amines is 1. The number of nitrogens with zero attached hydrogens (tertiary/aromatic N) is 2. The van der Waals surface area contributed by atoms with Crippen LogP contribution in [0.3, 0.4) is 0 Å². The Balaban J connectivity index is 1.53. The average molecular weight is 441 g/mol. The van der Waals surface area contributed by atoms with E-state index in [-0.39, 0.29) is 28.8 Å². The van der Waals surface area contributed by atoms with Crippen molar-refractivity contribution in [3.05, 3.63) is 53.6 Å². The van der Waals surface area contributed by atoms with Crippen LogP contribution in [-0.2, 0) is 0 Å². The summed E-state index contributed by atoms with van der Waals surface area (Å²) in [6.07, 6.45) is 3.27. The van der Waals surface area contributed by atoms with E-state index in [1.165, 1.54) is 24.4 Å². The van der Waals surface area contributed by atoms with Crippen molar-refractivity contribution in [1.29, 1.82) is 0 Å². The van der Waals surface area contributed by atoms with Gasteiger partial charge in [-0.15, -0.1) is 0 Å². The molecular weight excluding hydrogens is 410 g/mol. The first-order valence-electron chi connectivity index (χ1n) is 10.8. The number of piperidine rings is 1. The Bertz CT molecular complexity index is 1160. The van der Waals surface area contributed by atoms with Crippen LogP contribution in [0.1, 0.15) is 46.1 Å². The standard InChI is InChI=1S/C25H30F2N4O/c1-24(2)12-17(13-25(3,4)31(24)5)29-21-9-7-16(11-20(21)27)28-14-19-18-8-6-15(26)10-22(18)30-23(19)32/h6-11,14,17,29-30,32H,12-13H2,1-5H3. The highest BCUT2D eigenvalue weighted by Crippen LogP contribution is 2.38. The highest BCUT2D eigenvalue weighted by molar-refractivity contribution is 6.02. The van der Waals surface area contributed by atoms with E-state index in [2.05, 4.69) is 54.9 Å². The molecule has 3 aromatic rings. The number of hydrogen-bond donors (Lipinski definition) is 3. The van der Waals surface area contributed by atoms with Gasteiger partial charge in [0.25, 0.3) is 0 Å². The number of H-pyrrole nitrogens is 1. The van der Waals surface area contributed by atoms with E-state index in [4.69, 9.17) is 0 Å². The van der Waals surface area contributed by atoms with Crippen molar-refractivity contribution in [3.63, 3.8) is 0 Å². The molecular formula is C25H30F2N4O. The lowest BCUT2D eigenvalue weighted by Crippen LogP contribution is -2.61. The molecule has 3 N–H and O–H groups in total. The molecule has 2 aromatic carbocycles. The zero-order valence-electron chi connectivity index (χ0n) is 19.1. The summed E-state index contributed by atoms with van der Waals surface area (Å²) in [5, 5.41) is 14.2. The van der Waals surface area contributed by atoms with Crippen molar-refractivity contribution in [2.45, 2.75) is 57.7 Å². The van der Waals surface area contributed by atoms with Crippen molar-refractivity contribution in [2.75, 3.05) is 12.4 Å². The first kappa shape index (κ1) is 22.3. The molecule has 0 atom stereocenters. The second-order valence-electron chi connectivity index (χ2n) is 9.93. The maximum Gasteiger partial charge on any atom is 0.198 e. The fourth-order valence-electron chi connectivity index (χ4n) is 4.84. The van der Waals surface area contributed by atoms with Gasteiger partial charge in [-0.25, -0.2) is 8.78 Å². The van der Waals surface area contributed by atoms with E-state index in [1.807, 2.05) is 0 Å². The van der Waals surface area contributed by atoms with E-state index in [9.17, 15) is 13.9 Å². The molecule has 0 radical (unpaired) electrons. The van der Waals surface area contributed by atoms with Gasteiger partial charge in [0.2, 0.25) is 0 Å². The van der Waals surface area contributed by atoms with Crippen LogP contribution >= 0.6 is 0 Å². The minimum atomic E-state index is -0.399. The Morgan fingerprint density at radius 1 is 1.09 bits per heavy atom. The number of likely N-dealkylation sites (tertiary alicyclic amines) is 1. The predicted molar refractivity (Wildman–Crippen MR) is 126 cm³/mol. The van der Waals surface area contributed by atoms with Crippen molar-refractivity contribution in [2.24, 2.45) is 4.99 Å². The number of rotatable bonds is 4. The molecule has 1 aliphatic rings. The monoisotopic (exact) mass is 440 g/mol. The van der Waals surface area contributed by atoms with Crippen LogP contribution in [0.15, 0.2) is 41.4 Å². The third-order valence-corrected chi connectivity index (χ3v) is 6.74. The molecule has 32 heavy (non-hydrogen) atoms. The maximum absolute atomic E-state index is 14.9. The number of aliphatic imine (C=N–C) groups is 1. The molecule has 1 aliphatic heterocycles. The highest BCUT2D eigenvalue weighted by atomic mass is 19.1. The van der Waals surface area contributed by atoms with Gasteiger partial charge < -0.3 is 15.4 Å². The average Bonchev–Trinajstić information content (AvgIpc) is 3.00. The number of aromatic nitrogens is 1. The highest BCUT2D eigenvalue weighted by Gasteiger charge is 2.43. The van der Waals surface area contributed by atoms with E-state index >= 15 is 0 Å². The van der Waals surface area contributed by atoms with Gasteiger partial charge in [-0.2, -0.15) is 0 Å². The predicted octanol–water partition coefficient (Wildman–Crippen LogP) is 5.97. The van der Waals surface area contributed by atoms with E-state index in [1.54, 1.807) is 18.2 Å². The Kier molecular flexibility index (Phi) is 5.49. The lowest BCUT2D eigenvalue weighted by atomic mass is 9.77. The number of halogens is 2. The van der Waals surface area contributed by atoms with Crippen LogP contribution in [0.4, 0.5) is 20.2 Å². The van der Waals surface area contributed by atoms with Gasteiger partial charge in [0.1, 0.15) is 11.6 Å². The van der Waals surface area contributed by atoms with Crippen molar-refractivity contribution < 1.29 is 13.9 Å². The Hall–Kier alpha value is -2.93. The number of anilines is 1. The molecule has 1 aromatic heterocycles. The van der Waals surface area contributed by atoms with Gasteiger partial charge in [-0.3, -0.25) is 9.89 Å². The molecule has 1 fully saturated rings. The molecule has 0 unspecified atom stereocenters. The molecule has 4 rings (SSSR count). The minimum Gasteiger partial charge on any atom is -0.494 e. The van der Waals surface area contributed by atoms with Crippen LogP contribution in [0.2, 0.25) is 0 Å². The van der Waals surface area contributed by atoms with Crippen LogP contribution in [0.5, 0.6) is 5.88 Å². The molecule has 0 bridgehead atoms. The summed E-state index contributed by atoms with van der Waals surface area (Å²) in [6, 6.07) is 9.15. The Labute approximate surface area is 187 Å². The quantitative estimate of drug-likeness (QED) is 0.438. The van der Waals surface area contributed by atoms with E-state index in [0.717, 1.165) is 12.8 Å². The van der Waals surface area contributed by atoms with Gasteiger partial charge in [0.05, 0.1) is 22.5 Å². The number of hydrogen-bond acceptors (Lipinski definition) is 4. The summed E-state index contributed by atoms with van der Waals surface area (Å²) in [5.41, 5.74) is 1.79. The first-order valence-corrected chi connectivity index (χ1v) is 10.8. The zero-order valence-corrected chi connectivity index (χ0v) is 19.1. The third-order valence-electron chi connectivity index (χ3n) is 6.74. The van der Waals surface area contributed by atoms with Crippen LogP contribution in [0, 0.1) is 11.6 Å². The lowest BCUT2D eigenvalue weighted by molar-refractivity contribution is -0.00772.